The molecule has 2 N–H and O–H groups in total. The second-order valence-corrected chi connectivity index (χ2v) is 8.36. The molecular weight excluding hydrogens is 450 g/mol. The maximum Gasteiger partial charge on any atom is 0.287 e. The van der Waals surface area contributed by atoms with Crippen LogP contribution in [0.2, 0.25) is 5.02 Å². The highest BCUT2D eigenvalue weighted by Crippen LogP contribution is 2.40. The van der Waals surface area contributed by atoms with Gasteiger partial charge >= 0.3 is 0 Å². The molecule has 2 amide bonds. The minimum Gasteiger partial charge on any atom is -0.322 e. The molecule has 3 aromatic carbocycles. The van der Waals surface area contributed by atoms with Crippen LogP contribution in [0.3, 0.4) is 0 Å². The van der Waals surface area contributed by atoms with Crippen LogP contribution in [0.5, 0.6) is 0 Å². The summed E-state index contributed by atoms with van der Waals surface area (Å²) < 4.78 is 0.340. The normalized spacial score (nSPS) is 10.7. The summed E-state index contributed by atoms with van der Waals surface area (Å²) in [5, 5.41) is 17.5. The van der Waals surface area contributed by atoms with Crippen LogP contribution in [0.1, 0.15) is 25.6 Å². The smallest absolute Gasteiger partial charge is 0.287 e. The number of carbonyl (C=O) groups is 2. The summed E-state index contributed by atoms with van der Waals surface area (Å²) in [6, 6.07) is 18.5. The van der Waals surface area contributed by atoms with Crippen molar-refractivity contribution in [2.75, 3.05) is 10.6 Å². The number of hydrogen-bond acceptors (Lipinski definition) is 5. The highest BCUT2D eigenvalue weighted by molar-refractivity contribution is 7.22. The molecule has 32 heavy (non-hydrogen) atoms. The SMILES string of the molecule is Cc1ccccc1C(=O)Nc1cccc(NC(=O)c2sc3c([N+](=O)[O-])cccc3c2Cl)c1. The number of amides is 2. The van der Waals surface area contributed by atoms with E-state index in [1.807, 2.05) is 19.1 Å². The average molecular weight is 466 g/mol. The van der Waals surface area contributed by atoms with Crippen LogP contribution in [0.15, 0.2) is 66.7 Å². The predicted molar refractivity (Wildman–Crippen MR) is 127 cm³/mol. The highest BCUT2D eigenvalue weighted by atomic mass is 35.5. The summed E-state index contributed by atoms with van der Waals surface area (Å²) in [7, 11) is 0. The maximum atomic E-state index is 12.8. The van der Waals surface area contributed by atoms with Crippen LogP contribution >= 0.6 is 22.9 Å². The summed E-state index contributed by atoms with van der Waals surface area (Å²) in [6.07, 6.45) is 0. The topological polar surface area (TPSA) is 101 Å². The number of hydrogen-bond donors (Lipinski definition) is 2. The molecule has 0 radical (unpaired) electrons. The van der Waals surface area contributed by atoms with E-state index in [0.29, 0.717) is 27.0 Å². The Bertz CT molecular complexity index is 1380. The Labute approximate surface area is 191 Å². The van der Waals surface area contributed by atoms with Gasteiger partial charge in [-0.3, -0.25) is 19.7 Å². The Balaban J connectivity index is 1.56. The van der Waals surface area contributed by atoms with Gasteiger partial charge in [0.25, 0.3) is 17.5 Å². The van der Waals surface area contributed by atoms with E-state index in [-0.39, 0.29) is 21.5 Å². The average Bonchev–Trinajstić information content (AvgIpc) is 3.11. The van der Waals surface area contributed by atoms with Gasteiger partial charge in [0.15, 0.2) is 0 Å². The van der Waals surface area contributed by atoms with Gasteiger partial charge in [0.2, 0.25) is 0 Å². The molecular formula is C23H16ClN3O4S. The van der Waals surface area contributed by atoms with E-state index in [4.69, 9.17) is 11.6 Å². The maximum absolute atomic E-state index is 12.8. The summed E-state index contributed by atoms with van der Waals surface area (Å²) >= 11 is 7.31. The standard InChI is InChI=1S/C23H16ClN3O4S/c1-13-6-2-3-9-16(13)22(28)25-14-7-4-8-15(12-14)26-23(29)21-19(24)17-10-5-11-18(27(30)31)20(17)32-21/h2-12H,1H3,(H,25,28)(H,26,29). The second-order valence-electron chi connectivity index (χ2n) is 6.96. The lowest BCUT2D eigenvalue weighted by atomic mass is 10.1. The first kappa shape index (κ1) is 21.5. The van der Waals surface area contributed by atoms with Crippen molar-refractivity contribution in [3.63, 3.8) is 0 Å². The van der Waals surface area contributed by atoms with Crippen LogP contribution < -0.4 is 10.6 Å². The Morgan fingerprint density at radius 3 is 2.28 bits per heavy atom. The molecule has 1 heterocycles. The molecule has 0 aliphatic carbocycles. The predicted octanol–water partition coefficient (Wildman–Crippen LogP) is 6.28. The van der Waals surface area contributed by atoms with Gasteiger partial charge in [0, 0.05) is 28.4 Å². The summed E-state index contributed by atoms with van der Waals surface area (Å²) in [5.41, 5.74) is 2.26. The van der Waals surface area contributed by atoms with Crippen molar-refractivity contribution in [3.05, 3.63) is 97.9 Å². The Morgan fingerprint density at radius 1 is 0.938 bits per heavy atom. The number of rotatable bonds is 5. The molecule has 4 aromatic rings. The first-order chi connectivity index (χ1) is 15.3. The molecule has 0 fully saturated rings. The zero-order valence-electron chi connectivity index (χ0n) is 16.7. The lowest BCUT2D eigenvalue weighted by molar-refractivity contribution is -0.382. The Hall–Kier alpha value is -3.75. The van der Waals surface area contributed by atoms with Gasteiger partial charge in [-0.15, -0.1) is 11.3 Å². The summed E-state index contributed by atoms with van der Waals surface area (Å²) in [6.45, 7) is 1.85. The van der Waals surface area contributed by atoms with Crippen LogP contribution in [-0.2, 0) is 0 Å². The van der Waals surface area contributed by atoms with Gasteiger partial charge in [0.05, 0.1) is 9.95 Å². The summed E-state index contributed by atoms with van der Waals surface area (Å²) in [4.78, 5) is 36.3. The third-order valence-corrected chi connectivity index (χ3v) is 6.54. The van der Waals surface area contributed by atoms with Crippen molar-refractivity contribution in [2.24, 2.45) is 0 Å². The van der Waals surface area contributed by atoms with E-state index in [2.05, 4.69) is 10.6 Å². The van der Waals surface area contributed by atoms with Crippen LogP contribution in [0, 0.1) is 17.0 Å². The fraction of sp³-hybridized carbons (Fsp3) is 0.0435. The number of benzene rings is 3. The van der Waals surface area contributed by atoms with E-state index >= 15 is 0 Å². The number of nitrogens with zero attached hydrogens (tertiary/aromatic N) is 1. The quantitative estimate of drug-likeness (QED) is 0.267. The van der Waals surface area contributed by atoms with E-state index in [9.17, 15) is 19.7 Å². The van der Waals surface area contributed by atoms with E-state index in [1.54, 1.807) is 42.5 Å². The first-order valence-corrected chi connectivity index (χ1v) is 10.7. The van der Waals surface area contributed by atoms with Gasteiger partial charge in [-0.2, -0.15) is 0 Å². The molecule has 0 bridgehead atoms. The molecule has 9 heteroatoms. The number of nitro groups is 1. The number of fused-ring (bicyclic) bond motifs is 1. The molecule has 1 aromatic heterocycles. The zero-order valence-corrected chi connectivity index (χ0v) is 18.3. The van der Waals surface area contributed by atoms with Crippen molar-refractivity contribution >= 4 is 61.9 Å². The molecule has 0 saturated heterocycles. The van der Waals surface area contributed by atoms with Crippen molar-refractivity contribution in [3.8, 4) is 0 Å². The number of nitrogens with one attached hydrogen (secondary N) is 2. The van der Waals surface area contributed by atoms with Crippen molar-refractivity contribution < 1.29 is 14.5 Å². The van der Waals surface area contributed by atoms with Crippen molar-refractivity contribution in [1.82, 2.24) is 0 Å². The highest BCUT2D eigenvalue weighted by Gasteiger charge is 2.23. The number of anilines is 2. The monoisotopic (exact) mass is 465 g/mol. The fourth-order valence-electron chi connectivity index (χ4n) is 3.25. The number of aryl methyl sites for hydroxylation is 1. The molecule has 7 nitrogen and oxygen atoms in total. The van der Waals surface area contributed by atoms with Gasteiger partial charge in [-0.05, 0) is 36.8 Å². The molecule has 0 spiro atoms. The Morgan fingerprint density at radius 2 is 1.59 bits per heavy atom. The van der Waals surface area contributed by atoms with Gasteiger partial charge in [0.1, 0.15) is 9.58 Å². The molecule has 0 saturated carbocycles. The molecule has 160 valence electrons. The zero-order chi connectivity index (χ0) is 22.8. The van der Waals surface area contributed by atoms with Crippen LogP contribution in [0.4, 0.5) is 17.1 Å². The number of halogens is 1. The van der Waals surface area contributed by atoms with Crippen LogP contribution in [0.25, 0.3) is 10.1 Å². The minimum absolute atomic E-state index is 0.102. The Kier molecular flexibility index (Phi) is 5.89. The third kappa shape index (κ3) is 4.18. The molecule has 0 aliphatic rings. The lowest BCUT2D eigenvalue weighted by Crippen LogP contribution is -2.14. The third-order valence-electron chi connectivity index (χ3n) is 4.81. The van der Waals surface area contributed by atoms with Gasteiger partial charge in [-0.1, -0.05) is 48.0 Å². The molecule has 0 unspecified atom stereocenters. The van der Waals surface area contributed by atoms with E-state index in [0.717, 1.165) is 16.9 Å². The first-order valence-electron chi connectivity index (χ1n) is 9.49. The number of nitro benzene ring substituents is 1. The van der Waals surface area contributed by atoms with Crippen molar-refractivity contribution in [1.29, 1.82) is 0 Å². The number of thiophene rings is 1. The van der Waals surface area contributed by atoms with E-state index < -0.39 is 10.8 Å². The van der Waals surface area contributed by atoms with Gasteiger partial charge < -0.3 is 10.6 Å². The van der Waals surface area contributed by atoms with Crippen LogP contribution in [-0.4, -0.2) is 16.7 Å². The number of non-ortho nitro benzene ring substituents is 1. The minimum atomic E-state index is -0.503. The second kappa shape index (κ2) is 8.78. The van der Waals surface area contributed by atoms with E-state index in [1.165, 1.54) is 12.1 Å². The molecule has 0 atom stereocenters. The summed E-state index contributed by atoms with van der Waals surface area (Å²) in [5.74, 6) is -0.751. The van der Waals surface area contributed by atoms with Gasteiger partial charge in [-0.25, -0.2) is 0 Å². The fourth-order valence-corrected chi connectivity index (χ4v) is 4.74. The number of carbonyl (C=O) groups excluding carboxylic acids is 2. The lowest BCUT2D eigenvalue weighted by Gasteiger charge is -2.10. The van der Waals surface area contributed by atoms with Crippen molar-refractivity contribution in [2.45, 2.75) is 6.92 Å². The molecule has 0 aliphatic heterocycles. The largest absolute Gasteiger partial charge is 0.322 e. The molecule has 4 rings (SSSR count).